The number of carbonyl (C=O) groups excluding carboxylic acids is 1. The topological polar surface area (TPSA) is 29.5 Å². The van der Waals surface area contributed by atoms with Gasteiger partial charge in [0.25, 0.3) is 0 Å². The van der Waals surface area contributed by atoms with E-state index in [1.807, 2.05) is 6.92 Å². The van der Waals surface area contributed by atoms with Crippen LogP contribution in [-0.2, 0) is 9.53 Å². The second-order valence-corrected chi connectivity index (χ2v) is 5.31. The van der Waals surface area contributed by atoms with Crippen molar-refractivity contribution < 1.29 is 9.53 Å². The number of nitrogens with zero attached hydrogens (tertiary/aromatic N) is 1. The summed E-state index contributed by atoms with van der Waals surface area (Å²) in [6.45, 7) is 7.89. The van der Waals surface area contributed by atoms with Crippen LogP contribution in [0.5, 0.6) is 0 Å². The lowest BCUT2D eigenvalue weighted by molar-refractivity contribution is -0.141. The number of likely N-dealkylation sites (tertiary alicyclic amines) is 1. The van der Waals surface area contributed by atoms with Gasteiger partial charge in [0.15, 0.2) is 0 Å². The molecule has 1 saturated heterocycles. The molecule has 3 nitrogen and oxygen atoms in total. The van der Waals surface area contributed by atoms with E-state index in [2.05, 4.69) is 18.7 Å². The van der Waals surface area contributed by atoms with Gasteiger partial charge in [0.05, 0.1) is 12.1 Å². The molecule has 0 unspecified atom stereocenters. The Kier molecular flexibility index (Phi) is 5.44. The van der Waals surface area contributed by atoms with Crippen LogP contribution in [0.3, 0.4) is 0 Å². The lowest BCUT2D eigenvalue weighted by Crippen LogP contribution is -2.51. The smallest absolute Gasteiger partial charge is 0.225 e. The number of amides is 1. The molecule has 17 heavy (non-hydrogen) atoms. The zero-order valence-electron chi connectivity index (χ0n) is 11.8. The number of methoxy groups -OCH3 is 1. The van der Waals surface area contributed by atoms with E-state index in [9.17, 15) is 4.79 Å². The molecule has 0 bridgehead atoms. The molecule has 1 aliphatic heterocycles. The Hall–Kier alpha value is -0.570. The van der Waals surface area contributed by atoms with Gasteiger partial charge in [0.1, 0.15) is 0 Å². The van der Waals surface area contributed by atoms with Crippen LogP contribution in [0.1, 0.15) is 52.9 Å². The Morgan fingerprint density at radius 3 is 2.71 bits per heavy atom. The van der Waals surface area contributed by atoms with E-state index in [-0.39, 0.29) is 11.5 Å². The highest BCUT2D eigenvalue weighted by molar-refractivity contribution is 5.79. The van der Waals surface area contributed by atoms with Gasteiger partial charge in [0, 0.05) is 19.6 Å². The zero-order valence-corrected chi connectivity index (χ0v) is 11.8. The first kappa shape index (κ1) is 14.5. The van der Waals surface area contributed by atoms with Crippen LogP contribution < -0.4 is 0 Å². The molecule has 0 radical (unpaired) electrons. The largest absolute Gasteiger partial charge is 0.382 e. The SMILES string of the molecule is CCC[C@]1(COC)CCCN1C(=O)[C@@H](C)CC. The molecule has 1 heterocycles. The van der Waals surface area contributed by atoms with Crippen LogP contribution in [-0.4, -0.2) is 36.6 Å². The molecule has 1 amide bonds. The fourth-order valence-corrected chi connectivity index (χ4v) is 2.94. The zero-order chi connectivity index (χ0) is 12.9. The molecule has 0 saturated carbocycles. The molecule has 1 aliphatic rings. The van der Waals surface area contributed by atoms with E-state index < -0.39 is 0 Å². The van der Waals surface area contributed by atoms with Gasteiger partial charge < -0.3 is 9.64 Å². The molecule has 3 heteroatoms. The summed E-state index contributed by atoms with van der Waals surface area (Å²) in [6.07, 6.45) is 5.30. The van der Waals surface area contributed by atoms with E-state index in [1.54, 1.807) is 7.11 Å². The minimum atomic E-state index is -0.0238. The summed E-state index contributed by atoms with van der Waals surface area (Å²) >= 11 is 0. The molecule has 0 N–H and O–H groups in total. The molecule has 0 spiro atoms. The molecule has 0 aromatic heterocycles. The third kappa shape index (κ3) is 3.01. The molecule has 1 rings (SSSR count). The van der Waals surface area contributed by atoms with Crippen molar-refractivity contribution >= 4 is 5.91 Å². The van der Waals surface area contributed by atoms with Crippen molar-refractivity contribution in [3.8, 4) is 0 Å². The second kappa shape index (κ2) is 6.39. The maximum absolute atomic E-state index is 12.4. The third-order valence-corrected chi connectivity index (χ3v) is 4.02. The van der Waals surface area contributed by atoms with Gasteiger partial charge in [0.2, 0.25) is 5.91 Å². The van der Waals surface area contributed by atoms with E-state index in [4.69, 9.17) is 4.74 Å². The van der Waals surface area contributed by atoms with Crippen LogP contribution in [0.2, 0.25) is 0 Å². The summed E-state index contributed by atoms with van der Waals surface area (Å²) in [5, 5.41) is 0. The highest BCUT2D eigenvalue weighted by Gasteiger charge is 2.43. The van der Waals surface area contributed by atoms with Gasteiger partial charge in [-0.05, 0) is 25.7 Å². The quantitative estimate of drug-likeness (QED) is 0.715. The van der Waals surface area contributed by atoms with Crippen LogP contribution in [0.15, 0.2) is 0 Å². The molecule has 0 aliphatic carbocycles. The lowest BCUT2D eigenvalue weighted by Gasteiger charge is -2.39. The number of hydrogen-bond donors (Lipinski definition) is 0. The molecule has 0 aromatic carbocycles. The van der Waals surface area contributed by atoms with Crippen molar-refractivity contribution in [2.45, 2.75) is 58.4 Å². The molecule has 2 atom stereocenters. The summed E-state index contributed by atoms with van der Waals surface area (Å²) in [4.78, 5) is 14.5. The van der Waals surface area contributed by atoms with Gasteiger partial charge in [-0.15, -0.1) is 0 Å². The van der Waals surface area contributed by atoms with Crippen molar-refractivity contribution in [2.75, 3.05) is 20.3 Å². The average Bonchev–Trinajstić information content (AvgIpc) is 2.72. The summed E-state index contributed by atoms with van der Waals surface area (Å²) in [5.41, 5.74) is -0.0238. The summed E-state index contributed by atoms with van der Waals surface area (Å²) in [7, 11) is 1.74. The minimum Gasteiger partial charge on any atom is -0.382 e. The van der Waals surface area contributed by atoms with Gasteiger partial charge in [-0.3, -0.25) is 4.79 Å². The van der Waals surface area contributed by atoms with E-state index in [0.717, 1.165) is 38.6 Å². The van der Waals surface area contributed by atoms with Gasteiger partial charge in [-0.1, -0.05) is 27.2 Å². The Bertz CT molecular complexity index is 247. The first-order chi connectivity index (χ1) is 8.11. The van der Waals surface area contributed by atoms with Gasteiger partial charge in [-0.25, -0.2) is 0 Å². The standard InChI is InChI=1S/C14H27NO2/c1-5-8-14(11-17-4)9-7-10-15(14)13(16)12(3)6-2/h12H,5-11H2,1-4H3/t12-,14+/m0/s1. The predicted molar refractivity (Wildman–Crippen MR) is 69.9 cm³/mol. The summed E-state index contributed by atoms with van der Waals surface area (Å²) in [5.74, 6) is 0.455. The summed E-state index contributed by atoms with van der Waals surface area (Å²) < 4.78 is 5.38. The maximum atomic E-state index is 12.4. The van der Waals surface area contributed by atoms with Crippen LogP contribution in [0.25, 0.3) is 0 Å². The second-order valence-electron chi connectivity index (χ2n) is 5.31. The monoisotopic (exact) mass is 241 g/mol. The first-order valence-corrected chi connectivity index (χ1v) is 6.91. The highest BCUT2D eigenvalue weighted by atomic mass is 16.5. The maximum Gasteiger partial charge on any atom is 0.225 e. The summed E-state index contributed by atoms with van der Waals surface area (Å²) in [6, 6.07) is 0. The molecule has 1 fully saturated rings. The number of rotatable bonds is 6. The number of hydrogen-bond acceptors (Lipinski definition) is 2. The molecular weight excluding hydrogens is 214 g/mol. The van der Waals surface area contributed by atoms with Crippen molar-refractivity contribution in [1.82, 2.24) is 4.90 Å². The normalized spacial score (nSPS) is 26.2. The Morgan fingerprint density at radius 1 is 1.47 bits per heavy atom. The van der Waals surface area contributed by atoms with Crippen LogP contribution in [0.4, 0.5) is 0 Å². The fraction of sp³-hybridized carbons (Fsp3) is 0.929. The lowest BCUT2D eigenvalue weighted by atomic mass is 9.90. The Balaban J connectivity index is 2.83. The number of carbonyl (C=O) groups is 1. The van der Waals surface area contributed by atoms with Gasteiger partial charge >= 0.3 is 0 Å². The average molecular weight is 241 g/mol. The highest BCUT2D eigenvalue weighted by Crippen LogP contribution is 2.35. The Labute approximate surface area is 106 Å². The molecule has 100 valence electrons. The fourth-order valence-electron chi connectivity index (χ4n) is 2.94. The first-order valence-electron chi connectivity index (χ1n) is 6.91. The predicted octanol–water partition coefficient (Wildman–Crippen LogP) is 2.84. The van der Waals surface area contributed by atoms with Crippen molar-refractivity contribution in [3.05, 3.63) is 0 Å². The minimum absolute atomic E-state index is 0.0238. The van der Waals surface area contributed by atoms with Gasteiger partial charge in [-0.2, -0.15) is 0 Å². The van der Waals surface area contributed by atoms with E-state index in [0.29, 0.717) is 12.5 Å². The van der Waals surface area contributed by atoms with E-state index in [1.165, 1.54) is 0 Å². The number of ether oxygens (including phenoxy) is 1. The van der Waals surface area contributed by atoms with Crippen LogP contribution in [0, 0.1) is 5.92 Å². The van der Waals surface area contributed by atoms with E-state index >= 15 is 0 Å². The molecule has 0 aromatic rings. The van der Waals surface area contributed by atoms with Crippen molar-refractivity contribution in [1.29, 1.82) is 0 Å². The van der Waals surface area contributed by atoms with Crippen molar-refractivity contribution in [3.63, 3.8) is 0 Å². The van der Waals surface area contributed by atoms with Crippen LogP contribution >= 0.6 is 0 Å². The van der Waals surface area contributed by atoms with Crippen molar-refractivity contribution in [2.24, 2.45) is 5.92 Å². The molecular formula is C14H27NO2. The Morgan fingerprint density at radius 2 is 2.18 bits per heavy atom. The third-order valence-electron chi connectivity index (χ3n) is 4.02.